The quantitative estimate of drug-likeness (QED) is 0.612. The Kier molecular flexibility index (Phi) is 4.87. The molecule has 1 atom stereocenters. The minimum Gasteiger partial charge on any atom is -0.493 e. The highest BCUT2D eigenvalue weighted by Crippen LogP contribution is 2.39. The second-order valence-electron chi connectivity index (χ2n) is 6.50. The molecular formula is C20H20N4O3S. The van der Waals surface area contributed by atoms with Gasteiger partial charge in [0.25, 0.3) is 0 Å². The number of nitrogens with zero attached hydrogens (tertiary/aromatic N) is 2. The van der Waals surface area contributed by atoms with E-state index in [1.807, 2.05) is 30.3 Å². The van der Waals surface area contributed by atoms with Crippen molar-refractivity contribution in [2.24, 2.45) is 5.73 Å². The van der Waals surface area contributed by atoms with Crippen molar-refractivity contribution in [1.82, 2.24) is 10.1 Å². The molecule has 7 nitrogen and oxygen atoms in total. The zero-order chi connectivity index (χ0) is 19.7. The minimum absolute atomic E-state index is 0.340. The first-order chi connectivity index (χ1) is 13.5. The summed E-state index contributed by atoms with van der Waals surface area (Å²) in [6.07, 6.45) is 0.836. The van der Waals surface area contributed by atoms with Crippen molar-refractivity contribution in [2.75, 3.05) is 19.0 Å². The van der Waals surface area contributed by atoms with E-state index in [1.165, 1.54) is 0 Å². The van der Waals surface area contributed by atoms with Gasteiger partial charge in [-0.15, -0.1) is 0 Å². The molecule has 3 aromatic rings. The fraction of sp³-hybridized carbons (Fsp3) is 0.250. The summed E-state index contributed by atoms with van der Waals surface area (Å²) < 4.78 is 16.2. The summed E-state index contributed by atoms with van der Waals surface area (Å²) in [6.45, 7) is 2.41. The van der Waals surface area contributed by atoms with Crippen LogP contribution in [0.2, 0.25) is 0 Å². The van der Waals surface area contributed by atoms with E-state index in [0.717, 1.165) is 34.5 Å². The van der Waals surface area contributed by atoms with Crippen molar-refractivity contribution in [3.8, 4) is 22.9 Å². The number of aryl methyl sites for hydroxylation is 1. The number of hydrogen-bond donors (Lipinski definition) is 2. The van der Waals surface area contributed by atoms with E-state index >= 15 is 0 Å². The lowest BCUT2D eigenvalue weighted by molar-refractivity contribution is 0.326. The summed E-state index contributed by atoms with van der Waals surface area (Å²) >= 11 is 5.32. The van der Waals surface area contributed by atoms with Gasteiger partial charge in [0.05, 0.1) is 13.7 Å². The van der Waals surface area contributed by atoms with Crippen LogP contribution in [0.15, 0.2) is 40.9 Å². The lowest BCUT2D eigenvalue weighted by atomic mass is 10.0. The molecule has 0 spiro atoms. The van der Waals surface area contributed by atoms with E-state index in [1.54, 1.807) is 14.0 Å². The van der Waals surface area contributed by atoms with Gasteiger partial charge in [-0.25, -0.2) is 0 Å². The predicted molar refractivity (Wildman–Crippen MR) is 110 cm³/mol. The van der Waals surface area contributed by atoms with Crippen LogP contribution in [0.25, 0.3) is 11.4 Å². The first-order valence-electron chi connectivity index (χ1n) is 8.85. The number of hydrogen-bond acceptors (Lipinski definition) is 7. The number of methoxy groups -OCH3 is 1. The molecule has 2 aromatic carbocycles. The predicted octanol–water partition coefficient (Wildman–Crippen LogP) is 3.43. The molecule has 0 saturated carbocycles. The minimum atomic E-state index is -0.340. The van der Waals surface area contributed by atoms with Gasteiger partial charge in [-0.3, -0.25) is 0 Å². The number of benzene rings is 2. The molecule has 1 aliphatic heterocycles. The smallest absolute Gasteiger partial charge is 0.223 e. The maximum atomic E-state index is 6.04. The topological polar surface area (TPSA) is 95.4 Å². The van der Waals surface area contributed by atoms with Crippen molar-refractivity contribution >= 4 is 22.9 Å². The van der Waals surface area contributed by atoms with E-state index < -0.39 is 0 Å². The Morgan fingerprint density at radius 1 is 1.29 bits per heavy atom. The number of rotatable bonds is 6. The number of ether oxygens (including phenoxy) is 2. The van der Waals surface area contributed by atoms with Crippen LogP contribution in [-0.2, 0) is 6.42 Å². The molecule has 4 rings (SSSR count). The summed E-state index contributed by atoms with van der Waals surface area (Å²) in [6, 6.07) is 11.3. The third-order valence-electron chi connectivity index (χ3n) is 4.59. The van der Waals surface area contributed by atoms with E-state index in [2.05, 4.69) is 21.5 Å². The monoisotopic (exact) mass is 396 g/mol. The van der Waals surface area contributed by atoms with E-state index in [-0.39, 0.29) is 6.04 Å². The molecule has 8 heteroatoms. The molecule has 0 amide bonds. The van der Waals surface area contributed by atoms with Gasteiger partial charge < -0.3 is 25.0 Å². The zero-order valence-corrected chi connectivity index (χ0v) is 16.4. The average Bonchev–Trinajstić information content (AvgIpc) is 3.34. The Balaban J connectivity index is 1.60. The van der Waals surface area contributed by atoms with E-state index in [4.69, 9.17) is 31.9 Å². The van der Waals surface area contributed by atoms with Crippen molar-refractivity contribution in [1.29, 1.82) is 0 Å². The van der Waals surface area contributed by atoms with E-state index in [9.17, 15) is 0 Å². The van der Waals surface area contributed by atoms with Gasteiger partial charge in [-0.05, 0) is 42.0 Å². The number of fused-ring (bicyclic) bond motifs is 1. The Hall–Kier alpha value is -3.13. The summed E-state index contributed by atoms with van der Waals surface area (Å²) in [7, 11) is 1.63. The van der Waals surface area contributed by atoms with Gasteiger partial charge in [0.2, 0.25) is 11.7 Å². The molecule has 0 bridgehead atoms. The lowest BCUT2D eigenvalue weighted by Gasteiger charge is -2.21. The first-order valence-corrected chi connectivity index (χ1v) is 9.26. The fourth-order valence-electron chi connectivity index (χ4n) is 3.23. The zero-order valence-electron chi connectivity index (χ0n) is 15.6. The van der Waals surface area contributed by atoms with Gasteiger partial charge in [0.1, 0.15) is 11.0 Å². The van der Waals surface area contributed by atoms with Crippen molar-refractivity contribution in [3.05, 3.63) is 53.4 Å². The van der Waals surface area contributed by atoms with Crippen molar-refractivity contribution in [2.45, 2.75) is 19.4 Å². The van der Waals surface area contributed by atoms with Gasteiger partial charge >= 0.3 is 0 Å². The molecule has 0 aliphatic carbocycles. The maximum absolute atomic E-state index is 6.04. The molecule has 28 heavy (non-hydrogen) atoms. The molecule has 2 heterocycles. The summed E-state index contributed by atoms with van der Waals surface area (Å²) in [5.74, 6) is 2.57. The first kappa shape index (κ1) is 18.2. The highest BCUT2D eigenvalue weighted by Gasteiger charge is 2.23. The molecule has 144 valence electrons. The molecule has 0 radical (unpaired) electrons. The normalized spacial score (nSPS) is 13.5. The van der Waals surface area contributed by atoms with Gasteiger partial charge in [-0.2, -0.15) is 4.98 Å². The highest BCUT2D eigenvalue weighted by molar-refractivity contribution is 7.80. The van der Waals surface area contributed by atoms with Crippen LogP contribution < -0.4 is 20.5 Å². The summed E-state index contributed by atoms with van der Waals surface area (Å²) in [4.78, 5) is 4.58. The van der Waals surface area contributed by atoms with Crippen LogP contribution in [0.3, 0.4) is 0 Å². The van der Waals surface area contributed by atoms with Gasteiger partial charge in [0.15, 0.2) is 11.5 Å². The SMILES string of the molecule is COc1cc(C(Nc2ccc(-c3noc(C)n3)cc2)C(N)=S)cc2c1OCC2. The van der Waals surface area contributed by atoms with E-state index in [0.29, 0.717) is 29.1 Å². The summed E-state index contributed by atoms with van der Waals surface area (Å²) in [5.41, 5.74) is 9.81. The van der Waals surface area contributed by atoms with Crippen molar-refractivity contribution < 1.29 is 14.0 Å². The third-order valence-corrected chi connectivity index (χ3v) is 4.83. The Morgan fingerprint density at radius 2 is 2.07 bits per heavy atom. The molecule has 1 aliphatic rings. The van der Waals surface area contributed by atoms with Crippen LogP contribution in [0.5, 0.6) is 11.5 Å². The number of anilines is 1. The second kappa shape index (κ2) is 7.47. The number of nitrogens with one attached hydrogen (secondary N) is 1. The van der Waals surface area contributed by atoms with Crippen LogP contribution in [0.4, 0.5) is 5.69 Å². The lowest BCUT2D eigenvalue weighted by Crippen LogP contribution is -2.26. The third kappa shape index (κ3) is 3.50. The number of thiocarbonyl (C=S) groups is 1. The largest absolute Gasteiger partial charge is 0.493 e. The maximum Gasteiger partial charge on any atom is 0.223 e. The number of nitrogens with two attached hydrogens (primary N) is 1. The standard InChI is InChI=1S/C20H20N4O3S/c1-11-22-20(24-27-11)12-3-5-15(6-4-12)23-17(19(21)28)14-9-13-7-8-26-18(13)16(10-14)25-2/h3-6,9-10,17,23H,7-8H2,1-2H3,(H2,21,28). The fourth-order valence-corrected chi connectivity index (χ4v) is 3.43. The molecule has 1 unspecified atom stereocenters. The van der Waals surface area contributed by atoms with Crippen LogP contribution in [0.1, 0.15) is 23.1 Å². The van der Waals surface area contributed by atoms with Gasteiger partial charge in [-0.1, -0.05) is 17.4 Å². The Labute approximate surface area is 167 Å². The van der Waals surface area contributed by atoms with Crippen LogP contribution >= 0.6 is 12.2 Å². The Morgan fingerprint density at radius 3 is 2.71 bits per heavy atom. The van der Waals surface area contributed by atoms with Gasteiger partial charge in [0, 0.05) is 30.2 Å². The van der Waals surface area contributed by atoms with Crippen LogP contribution in [-0.4, -0.2) is 28.8 Å². The van der Waals surface area contributed by atoms with Crippen LogP contribution in [0, 0.1) is 6.92 Å². The number of aromatic nitrogens is 2. The molecule has 0 saturated heterocycles. The molecule has 1 aromatic heterocycles. The summed E-state index contributed by atoms with van der Waals surface area (Å²) in [5, 5.41) is 7.33. The highest BCUT2D eigenvalue weighted by atomic mass is 32.1. The van der Waals surface area contributed by atoms with Crippen molar-refractivity contribution in [3.63, 3.8) is 0 Å². The Bertz CT molecular complexity index is 1020. The molecule has 3 N–H and O–H groups in total. The molecule has 0 fully saturated rings. The average molecular weight is 396 g/mol. The second-order valence-corrected chi connectivity index (χ2v) is 6.98. The molecular weight excluding hydrogens is 376 g/mol.